The van der Waals surface area contributed by atoms with E-state index in [9.17, 15) is 4.39 Å². The normalized spacial score (nSPS) is 15.6. The number of hydrogen-bond acceptors (Lipinski definition) is 1. The van der Waals surface area contributed by atoms with Gasteiger partial charge in [-0.2, -0.15) is 0 Å². The molecule has 0 unspecified atom stereocenters. The van der Waals surface area contributed by atoms with Crippen molar-refractivity contribution >= 4 is 16.6 Å². The van der Waals surface area contributed by atoms with E-state index in [0.717, 1.165) is 12.0 Å². The maximum absolute atomic E-state index is 13.2. The minimum absolute atomic E-state index is 0.143. The fourth-order valence-electron chi connectivity index (χ4n) is 1.99. The predicted molar refractivity (Wildman–Crippen MR) is 68.7 cm³/mol. The van der Waals surface area contributed by atoms with Crippen molar-refractivity contribution in [3.63, 3.8) is 0 Å². The van der Waals surface area contributed by atoms with Crippen LogP contribution in [0.25, 0.3) is 5.03 Å². The molecule has 1 aliphatic rings. The third-order valence-corrected chi connectivity index (χ3v) is 3.10. The summed E-state index contributed by atoms with van der Waals surface area (Å²) < 4.78 is 18.8. The van der Waals surface area contributed by atoms with Crippen LogP contribution in [0, 0.1) is 11.2 Å². The number of ether oxygens (including phenoxy) is 1. The molecule has 0 amide bonds. The lowest BCUT2D eigenvalue weighted by Crippen LogP contribution is -2.15. The van der Waals surface area contributed by atoms with Gasteiger partial charge >= 0.3 is 0 Å². The molecule has 0 radical (unpaired) electrons. The number of benzene rings is 1. The SMILES string of the molecule is CC(C)(C)CC1=C(Cl)c2cc(F)ccc2OC1. The highest BCUT2D eigenvalue weighted by Gasteiger charge is 2.23. The highest BCUT2D eigenvalue weighted by atomic mass is 35.5. The van der Waals surface area contributed by atoms with Crippen LogP contribution in [0.4, 0.5) is 4.39 Å². The summed E-state index contributed by atoms with van der Waals surface area (Å²) in [5.74, 6) is 0.372. The maximum atomic E-state index is 13.2. The lowest BCUT2D eigenvalue weighted by molar-refractivity contribution is 0.317. The Morgan fingerprint density at radius 1 is 1.35 bits per heavy atom. The summed E-state index contributed by atoms with van der Waals surface area (Å²) in [6.07, 6.45) is 0.849. The minimum Gasteiger partial charge on any atom is -0.489 e. The second-order valence-electron chi connectivity index (χ2n) is 5.58. The molecule has 0 spiro atoms. The third kappa shape index (κ3) is 2.81. The fraction of sp³-hybridized carbons (Fsp3) is 0.429. The van der Waals surface area contributed by atoms with Gasteiger partial charge < -0.3 is 4.74 Å². The molecule has 0 aromatic heterocycles. The van der Waals surface area contributed by atoms with Gasteiger partial charge in [-0.1, -0.05) is 32.4 Å². The van der Waals surface area contributed by atoms with E-state index in [1.165, 1.54) is 12.1 Å². The first-order valence-corrected chi connectivity index (χ1v) is 6.05. The van der Waals surface area contributed by atoms with Gasteiger partial charge in [0.15, 0.2) is 0 Å². The van der Waals surface area contributed by atoms with Gasteiger partial charge in [-0.3, -0.25) is 0 Å². The smallest absolute Gasteiger partial charge is 0.128 e. The molecule has 1 aromatic carbocycles. The first-order valence-electron chi connectivity index (χ1n) is 5.67. The minimum atomic E-state index is -0.289. The fourth-order valence-corrected chi connectivity index (χ4v) is 2.26. The summed E-state index contributed by atoms with van der Waals surface area (Å²) in [7, 11) is 0. The Hall–Kier alpha value is -1.02. The molecule has 0 bridgehead atoms. The summed E-state index contributed by atoms with van der Waals surface area (Å²) in [4.78, 5) is 0. The monoisotopic (exact) mass is 254 g/mol. The van der Waals surface area contributed by atoms with Gasteiger partial charge in [0.25, 0.3) is 0 Å². The van der Waals surface area contributed by atoms with Crippen molar-refractivity contribution in [2.45, 2.75) is 27.2 Å². The van der Waals surface area contributed by atoms with Crippen LogP contribution in [0.2, 0.25) is 0 Å². The van der Waals surface area contributed by atoms with Crippen LogP contribution < -0.4 is 4.74 Å². The van der Waals surface area contributed by atoms with Gasteiger partial charge in [-0.25, -0.2) is 4.39 Å². The van der Waals surface area contributed by atoms with Crippen molar-refractivity contribution in [1.29, 1.82) is 0 Å². The molecule has 17 heavy (non-hydrogen) atoms. The van der Waals surface area contributed by atoms with E-state index in [2.05, 4.69) is 20.8 Å². The van der Waals surface area contributed by atoms with E-state index < -0.39 is 0 Å². The van der Waals surface area contributed by atoms with Crippen LogP contribution in [-0.2, 0) is 0 Å². The average molecular weight is 255 g/mol. The van der Waals surface area contributed by atoms with Gasteiger partial charge in [0, 0.05) is 5.56 Å². The van der Waals surface area contributed by atoms with Crippen molar-refractivity contribution in [1.82, 2.24) is 0 Å². The van der Waals surface area contributed by atoms with Crippen molar-refractivity contribution in [2.75, 3.05) is 6.61 Å². The highest BCUT2D eigenvalue weighted by Crippen LogP contribution is 2.39. The lowest BCUT2D eigenvalue weighted by atomic mass is 9.87. The molecular weight excluding hydrogens is 239 g/mol. The van der Waals surface area contributed by atoms with E-state index in [1.54, 1.807) is 6.07 Å². The van der Waals surface area contributed by atoms with Crippen LogP contribution >= 0.6 is 11.6 Å². The molecule has 1 nitrogen and oxygen atoms in total. The first-order chi connectivity index (χ1) is 7.87. The van der Waals surface area contributed by atoms with Crippen molar-refractivity contribution in [3.8, 4) is 5.75 Å². The van der Waals surface area contributed by atoms with Crippen LogP contribution in [0.5, 0.6) is 5.75 Å². The average Bonchev–Trinajstić information content (AvgIpc) is 2.21. The van der Waals surface area contributed by atoms with Crippen molar-refractivity contribution < 1.29 is 9.13 Å². The molecular formula is C14H16ClFO. The van der Waals surface area contributed by atoms with E-state index in [4.69, 9.17) is 16.3 Å². The molecule has 2 rings (SSSR count). The van der Waals surface area contributed by atoms with Gasteiger partial charge in [-0.05, 0) is 35.6 Å². The van der Waals surface area contributed by atoms with E-state index >= 15 is 0 Å². The van der Waals surface area contributed by atoms with Crippen molar-refractivity contribution in [3.05, 3.63) is 35.2 Å². The van der Waals surface area contributed by atoms with Gasteiger partial charge in [0.05, 0.1) is 5.03 Å². The van der Waals surface area contributed by atoms with E-state index in [1.807, 2.05) is 0 Å². The summed E-state index contributed by atoms with van der Waals surface area (Å²) in [5.41, 5.74) is 1.85. The second kappa shape index (κ2) is 4.34. The molecule has 1 aromatic rings. The van der Waals surface area contributed by atoms with Gasteiger partial charge in [-0.15, -0.1) is 0 Å². The molecule has 0 saturated carbocycles. The Kier molecular flexibility index (Phi) is 3.17. The van der Waals surface area contributed by atoms with E-state index in [0.29, 0.717) is 23.0 Å². The Morgan fingerprint density at radius 3 is 2.71 bits per heavy atom. The third-order valence-electron chi connectivity index (χ3n) is 2.63. The topological polar surface area (TPSA) is 9.23 Å². The van der Waals surface area contributed by atoms with Crippen molar-refractivity contribution in [2.24, 2.45) is 5.41 Å². The van der Waals surface area contributed by atoms with Crippen LogP contribution in [0.15, 0.2) is 23.8 Å². The van der Waals surface area contributed by atoms with Crippen LogP contribution in [0.1, 0.15) is 32.8 Å². The second-order valence-corrected chi connectivity index (χ2v) is 5.96. The quantitative estimate of drug-likeness (QED) is 0.711. The van der Waals surface area contributed by atoms with Crippen LogP contribution in [0.3, 0.4) is 0 Å². The maximum Gasteiger partial charge on any atom is 0.128 e. The summed E-state index contributed by atoms with van der Waals surface area (Å²) in [6, 6.07) is 4.44. The molecule has 0 atom stereocenters. The van der Waals surface area contributed by atoms with Gasteiger partial charge in [0.2, 0.25) is 0 Å². The highest BCUT2D eigenvalue weighted by molar-refractivity contribution is 6.49. The summed E-state index contributed by atoms with van der Waals surface area (Å²) in [6.45, 7) is 6.93. The Labute approximate surface area is 106 Å². The zero-order valence-electron chi connectivity index (χ0n) is 10.3. The molecule has 0 aliphatic carbocycles. The molecule has 92 valence electrons. The van der Waals surface area contributed by atoms with Gasteiger partial charge in [0.1, 0.15) is 18.2 Å². The summed E-state index contributed by atoms with van der Waals surface area (Å²) >= 11 is 6.32. The zero-order valence-corrected chi connectivity index (χ0v) is 11.1. The van der Waals surface area contributed by atoms with Crippen LogP contribution in [-0.4, -0.2) is 6.61 Å². The standard InChI is InChI=1S/C14H16ClFO/c1-14(2,3)7-9-8-17-12-5-4-10(16)6-11(12)13(9)15/h4-6H,7-8H2,1-3H3. The number of fused-ring (bicyclic) bond motifs is 1. The zero-order chi connectivity index (χ0) is 12.6. The number of hydrogen-bond donors (Lipinski definition) is 0. The molecule has 3 heteroatoms. The Balaban J connectivity index is 2.40. The van der Waals surface area contributed by atoms with E-state index in [-0.39, 0.29) is 11.2 Å². The molecule has 0 saturated heterocycles. The molecule has 0 fully saturated rings. The largest absolute Gasteiger partial charge is 0.489 e. The summed E-state index contributed by atoms with van der Waals surface area (Å²) in [5, 5.41) is 0.640. The Bertz CT molecular complexity index is 472. The molecule has 1 aliphatic heterocycles. The molecule has 1 heterocycles. The Morgan fingerprint density at radius 2 is 2.06 bits per heavy atom. The number of halogens is 2. The first kappa shape index (κ1) is 12.4. The lowest BCUT2D eigenvalue weighted by Gasteiger charge is -2.26. The number of rotatable bonds is 1. The predicted octanol–water partition coefficient (Wildman–Crippen LogP) is 4.60. The molecule has 0 N–H and O–H groups in total.